The number of halogens is 1. The van der Waals surface area contributed by atoms with Crippen LogP contribution in [0.15, 0.2) is 77.7 Å². The van der Waals surface area contributed by atoms with E-state index in [-0.39, 0.29) is 47.9 Å². The lowest BCUT2D eigenvalue weighted by atomic mass is 10.1. The van der Waals surface area contributed by atoms with Gasteiger partial charge in [-0.25, -0.2) is 8.42 Å². The summed E-state index contributed by atoms with van der Waals surface area (Å²) in [5, 5.41) is 3.04. The normalized spacial score (nSPS) is 14.6. The molecule has 176 valence electrons. The minimum absolute atomic E-state index is 0.0637. The summed E-state index contributed by atoms with van der Waals surface area (Å²) in [5.41, 5.74) is 2.34. The van der Waals surface area contributed by atoms with Crippen molar-refractivity contribution in [3.8, 4) is 0 Å². The Hall–Kier alpha value is -3.20. The number of nitrogens with zero attached hydrogens (tertiary/aromatic N) is 2. The van der Waals surface area contributed by atoms with Gasteiger partial charge in [-0.15, -0.1) is 0 Å². The first-order valence-corrected chi connectivity index (χ1v) is 12.6. The highest BCUT2D eigenvalue weighted by molar-refractivity contribution is 7.89. The average molecular weight is 498 g/mol. The van der Waals surface area contributed by atoms with Crippen LogP contribution in [0.4, 0.5) is 5.69 Å². The molecule has 1 aliphatic heterocycles. The van der Waals surface area contributed by atoms with Crippen molar-refractivity contribution in [2.24, 2.45) is 0 Å². The molecule has 1 N–H and O–H groups in total. The molecule has 0 bridgehead atoms. The Labute approximate surface area is 204 Å². The Kier molecular flexibility index (Phi) is 7.02. The van der Waals surface area contributed by atoms with Crippen LogP contribution in [-0.4, -0.2) is 55.6 Å². The summed E-state index contributed by atoms with van der Waals surface area (Å²) in [6.07, 6.45) is 0. The highest BCUT2D eigenvalue weighted by Crippen LogP contribution is 2.26. The van der Waals surface area contributed by atoms with Crippen molar-refractivity contribution in [1.29, 1.82) is 0 Å². The maximum Gasteiger partial charge on any atom is 0.255 e. The number of rotatable bonds is 5. The van der Waals surface area contributed by atoms with Crippen LogP contribution in [0.25, 0.3) is 0 Å². The van der Waals surface area contributed by atoms with Crippen LogP contribution in [0.3, 0.4) is 0 Å². The van der Waals surface area contributed by atoms with E-state index < -0.39 is 10.0 Å². The third-order valence-corrected chi connectivity index (χ3v) is 8.15. The first-order valence-electron chi connectivity index (χ1n) is 10.8. The number of hydrogen-bond acceptors (Lipinski definition) is 4. The number of nitrogens with one attached hydrogen (secondary N) is 1. The predicted molar refractivity (Wildman–Crippen MR) is 132 cm³/mol. The van der Waals surface area contributed by atoms with Crippen molar-refractivity contribution in [3.05, 3.63) is 94.5 Å². The summed E-state index contributed by atoms with van der Waals surface area (Å²) in [6, 6.07) is 20.3. The molecule has 4 rings (SSSR count). The molecule has 9 heteroatoms. The standard InChI is InChI=1S/C25H24ClN3O4S/c1-18-11-12-20(17-22(18)27-24(30)19-7-3-2-4-8-19)25(31)28-13-15-29(16-14-28)34(32,33)23-10-6-5-9-21(23)26/h2-12,17H,13-16H2,1H3,(H,27,30). The molecule has 0 spiro atoms. The van der Waals surface area contributed by atoms with E-state index in [4.69, 9.17) is 11.6 Å². The van der Waals surface area contributed by atoms with Gasteiger partial charge in [0.05, 0.1) is 5.02 Å². The van der Waals surface area contributed by atoms with Crippen molar-refractivity contribution in [3.63, 3.8) is 0 Å². The van der Waals surface area contributed by atoms with Gasteiger partial charge in [-0.3, -0.25) is 9.59 Å². The molecule has 1 aliphatic rings. The van der Waals surface area contributed by atoms with Gasteiger partial charge in [0.25, 0.3) is 11.8 Å². The van der Waals surface area contributed by atoms with Gasteiger partial charge in [-0.05, 0) is 48.9 Å². The van der Waals surface area contributed by atoms with E-state index in [0.29, 0.717) is 16.8 Å². The van der Waals surface area contributed by atoms with Gasteiger partial charge in [-0.2, -0.15) is 4.31 Å². The molecule has 3 aromatic rings. The zero-order valence-electron chi connectivity index (χ0n) is 18.6. The number of carbonyl (C=O) groups is 2. The third-order valence-electron chi connectivity index (χ3n) is 5.75. The predicted octanol–water partition coefficient (Wildman–Crippen LogP) is 4.05. The van der Waals surface area contributed by atoms with Crippen molar-refractivity contribution >= 4 is 39.1 Å². The molecule has 0 radical (unpaired) electrons. The number of hydrogen-bond donors (Lipinski definition) is 1. The maximum atomic E-state index is 13.1. The Morgan fingerprint density at radius 2 is 1.50 bits per heavy atom. The van der Waals surface area contributed by atoms with E-state index in [1.165, 1.54) is 10.4 Å². The van der Waals surface area contributed by atoms with E-state index in [9.17, 15) is 18.0 Å². The van der Waals surface area contributed by atoms with E-state index >= 15 is 0 Å². The first kappa shape index (κ1) is 23.9. The zero-order valence-corrected chi connectivity index (χ0v) is 20.1. The van der Waals surface area contributed by atoms with Crippen LogP contribution in [-0.2, 0) is 10.0 Å². The van der Waals surface area contributed by atoms with Gasteiger partial charge >= 0.3 is 0 Å². The summed E-state index contributed by atoms with van der Waals surface area (Å²) in [7, 11) is -3.74. The van der Waals surface area contributed by atoms with Crippen LogP contribution >= 0.6 is 11.6 Å². The van der Waals surface area contributed by atoms with E-state index in [0.717, 1.165) is 5.56 Å². The van der Waals surface area contributed by atoms with E-state index in [1.54, 1.807) is 65.6 Å². The molecular weight excluding hydrogens is 474 g/mol. The minimum Gasteiger partial charge on any atom is -0.336 e. The molecule has 7 nitrogen and oxygen atoms in total. The Balaban J connectivity index is 1.45. The SMILES string of the molecule is Cc1ccc(C(=O)N2CCN(S(=O)(=O)c3ccccc3Cl)CC2)cc1NC(=O)c1ccccc1. The fourth-order valence-corrected chi connectivity index (χ4v) is 5.70. The Morgan fingerprint density at radius 1 is 0.853 bits per heavy atom. The molecule has 0 aromatic heterocycles. The number of sulfonamides is 1. The highest BCUT2D eigenvalue weighted by Gasteiger charge is 2.31. The molecule has 1 saturated heterocycles. The van der Waals surface area contributed by atoms with Gasteiger partial charge in [0.1, 0.15) is 4.90 Å². The number of anilines is 1. The molecular formula is C25H24ClN3O4S. The van der Waals surface area contributed by atoms with Crippen LogP contribution < -0.4 is 5.32 Å². The number of aryl methyl sites for hydroxylation is 1. The summed E-state index contributed by atoms with van der Waals surface area (Å²) in [6.45, 7) is 2.70. The second-order valence-corrected chi connectivity index (χ2v) is 10.3. The Bertz CT molecular complexity index is 1320. The summed E-state index contributed by atoms with van der Waals surface area (Å²) in [5.74, 6) is -0.475. The first-order chi connectivity index (χ1) is 16.3. The third kappa shape index (κ3) is 4.99. The van der Waals surface area contributed by atoms with Gasteiger partial charge in [0, 0.05) is 43.0 Å². The topological polar surface area (TPSA) is 86.8 Å². The molecule has 34 heavy (non-hydrogen) atoms. The lowest BCUT2D eigenvalue weighted by molar-refractivity contribution is 0.0697. The quantitative estimate of drug-likeness (QED) is 0.576. The summed E-state index contributed by atoms with van der Waals surface area (Å²) >= 11 is 6.09. The van der Waals surface area contributed by atoms with Crippen molar-refractivity contribution in [2.45, 2.75) is 11.8 Å². The molecule has 0 aliphatic carbocycles. The fourth-order valence-electron chi connectivity index (χ4n) is 3.78. The average Bonchev–Trinajstić information content (AvgIpc) is 2.85. The number of benzene rings is 3. The molecule has 0 atom stereocenters. The molecule has 2 amide bonds. The summed E-state index contributed by atoms with van der Waals surface area (Å²) < 4.78 is 27.3. The van der Waals surface area contributed by atoms with Crippen LogP contribution in [0.1, 0.15) is 26.3 Å². The smallest absolute Gasteiger partial charge is 0.255 e. The fraction of sp³-hybridized carbons (Fsp3) is 0.200. The molecule has 0 unspecified atom stereocenters. The van der Waals surface area contributed by atoms with E-state index in [1.807, 2.05) is 13.0 Å². The molecule has 1 fully saturated rings. The molecule has 3 aromatic carbocycles. The van der Waals surface area contributed by atoms with Gasteiger partial charge in [0.15, 0.2) is 0 Å². The van der Waals surface area contributed by atoms with Gasteiger partial charge < -0.3 is 10.2 Å². The van der Waals surface area contributed by atoms with Crippen LogP contribution in [0, 0.1) is 6.92 Å². The Morgan fingerprint density at radius 3 is 2.18 bits per heavy atom. The van der Waals surface area contributed by atoms with Gasteiger partial charge in [0.2, 0.25) is 10.0 Å². The van der Waals surface area contributed by atoms with Crippen molar-refractivity contribution in [1.82, 2.24) is 9.21 Å². The largest absolute Gasteiger partial charge is 0.336 e. The van der Waals surface area contributed by atoms with Crippen molar-refractivity contribution in [2.75, 3.05) is 31.5 Å². The lowest BCUT2D eigenvalue weighted by Crippen LogP contribution is -2.50. The van der Waals surface area contributed by atoms with Crippen LogP contribution in [0.2, 0.25) is 5.02 Å². The van der Waals surface area contributed by atoms with E-state index in [2.05, 4.69) is 5.32 Å². The number of carbonyl (C=O) groups excluding carboxylic acids is 2. The van der Waals surface area contributed by atoms with Crippen molar-refractivity contribution < 1.29 is 18.0 Å². The highest BCUT2D eigenvalue weighted by atomic mass is 35.5. The second-order valence-electron chi connectivity index (χ2n) is 7.98. The maximum absolute atomic E-state index is 13.1. The van der Waals surface area contributed by atoms with Gasteiger partial charge in [-0.1, -0.05) is 48.0 Å². The monoisotopic (exact) mass is 497 g/mol. The summed E-state index contributed by atoms with van der Waals surface area (Å²) in [4.78, 5) is 27.3. The number of piperazine rings is 1. The second kappa shape index (κ2) is 9.97. The molecule has 0 saturated carbocycles. The lowest BCUT2D eigenvalue weighted by Gasteiger charge is -2.34. The zero-order chi connectivity index (χ0) is 24.3. The van der Waals surface area contributed by atoms with Crippen LogP contribution in [0.5, 0.6) is 0 Å². The number of amides is 2. The minimum atomic E-state index is -3.74. The molecule has 1 heterocycles.